The van der Waals surface area contributed by atoms with E-state index in [2.05, 4.69) is 5.32 Å². The van der Waals surface area contributed by atoms with Crippen LogP contribution in [0.2, 0.25) is 0 Å². The van der Waals surface area contributed by atoms with E-state index in [4.69, 9.17) is 5.73 Å². The van der Waals surface area contributed by atoms with Gasteiger partial charge in [0.05, 0.1) is 5.25 Å². The van der Waals surface area contributed by atoms with Crippen LogP contribution in [0.3, 0.4) is 0 Å². The minimum absolute atomic E-state index is 0.0135. The molecule has 1 amide bonds. The molecule has 0 unspecified atom stereocenters. The lowest BCUT2D eigenvalue weighted by Gasteiger charge is -2.31. The number of carbonyl (C=O) groups is 1. The van der Waals surface area contributed by atoms with Crippen LogP contribution in [0, 0.1) is 0 Å². The standard InChI is InChI=1S/C15H21N3O3S/c16-12-3-1-2-11(10-12)15(19)17-13-6-8-18(9-7-13)22(20,21)14-4-5-14/h1-3,10,13-14H,4-9,16H2,(H,17,19). The highest BCUT2D eigenvalue weighted by Crippen LogP contribution is 2.32. The maximum Gasteiger partial charge on any atom is 0.251 e. The van der Waals surface area contributed by atoms with Gasteiger partial charge in [-0.2, -0.15) is 0 Å². The van der Waals surface area contributed by atoms with Crippen molar-refractivity contribution >= 4 is 21.6 Å². The molecule has 2 fully saturated rings. The summed E-state index contributed by atoms with van der Waals surface area (Å²) in [5.41, 5.74) is 6.77. The van der Waals surface area contributed by atoms with E-state index in [9.17, 15) is 13.2 Å². The maximum absolute atomic E-state index is 12.2. The summed E-state index contributed by atoms with van der Waals surface area (Å²) in [6.07, 6.45) is 2.88. The zero-order valence-corrected chi connectivity index (χ0v) is 13.2. The summed E-state index contributed by atoms with van der Waals surface area (Å²) in [7, 11) is -3.09. The number of rotatable bonds is 4. The van der Waals surface area contributed by atoms with Gasteiger partial charge in [0, 0.05) is 30.4 Å². The number of hydrogen-bond donors (Lipinski definition) is 2. The van der Waals surface area contributed by atoms with Gasteiger partial charge in [-0.05, 0) is 43.9 Å². The summed E-state index contributed by atoms with van der Waals surface area (Å²) >= 11 is 0. The Morgan fingerprint density at radius 1 is 1.18 bits per heavy atom. The molecule has 2 aliphatic rings. The number of carbonyl (C=O) groups excluding carboxylic acids is 1. The molecule has 1 aliphatic carbocycles. The summed E-state index contributed by atoms with van der Waals surface area (Å²) in [6, 6.07) is 6.85. The summed E-state index contributed by atoms with van der Waals surface area (Å²) in [4.78, 5) is 12.2. The molecule has 120 valence electrons. The molecular weight excluding hydrogens is 302 g/mol. The van der Waals surface area contributed by atoms with E-state index in [-0.39, 0.29) is 17.2 Å². The van der Waals surface area contributed by atoms with Crippen molar-refractivity contribution < 1.29 is 13.2 Å². The van der Waals surface area contributed by atoms with Gasteiger partial charge in [0.2, 0.25) is 10.0 Å². The third-order valence-electron chi connectivity index (χ3n) is 4.24. The van der Waals surface area contributed by atoms with E-state index < -0.39 is 10.0 Å². The molecule has 1 heterocycles. The number of nitrogens with one attached hydrogen (secondary N) is 1. The van der Waals surface area contributed by atoms with Crippen molar-refractivity contribution in [1.82, 2.24) is 9.62 Å². The summed E-state index contributed by atoms with van der Waals surface area (Å²) in [5.74, 6) is -0.157. The van der Waals surface area contributed by atoms with E-state index in [0.29, 0.717) is 37.2 Å². The monoisotopic (exact) mass is 323 g/mol. The van der Waals surface area contributed by atoms with E-state index in [0.717, 1.165) is 12.8 Å². The lowest BCUT2D eigenvalue weighted by Crippen LogP contribution is -2.47. The first-order valence-electron chi connectivity index (χ1n) is 7.62. The fourth-order valence-electron chi connectivity index (χ4n) is 2.78. The van der Waals surface area contributed by atoms with Crippen LogP contribution < -0.4 is 11.1 Å². The Balaban J connectivity index is 1.55. The largest absolute Gasteiger partial charge is 0.399 e. The predicted molar refractivity (Wildman–Crippen MR) is 84.9 cm³/mol. The molecule has 7 heteroatoms. The van der Waals surface area contributed by atoms with Gasteiger partial charge in [0.1, 0.15) is 0 Å². The number of nitrogens with zero attached hydrogens (tertiary/aromatic N) is 1. The second-order valence-electron chi connectivity index (χ2n) is 6.02. The zero-order chi connectivity index (χ0) is 15.7. The van der Waals surface area contributed by atoms with Crippen LogP contribution in [-0.4, -0.2) is 43.0 Å². The van der Waals surface area contributed by atoms with Crippen molar-refractivity contribution in [3.63, 3.8) is 0 Å². The van der Waals surface area contributed by atoms with Gasteiger partial charge in [0.25, 0.3) is 5.91 Å². The van der Waals surface area contributed by atoms with E-state index in [1.165, 1.54) is 0 Å². The maximum atomic E-state index is 12.2. The minimum atomic E-state index is -3.09. The number of sulfonamides is 1. The molecule has 0 radical (unpaired) electrons. The molecule has 0 bridgehead atoms. The molecule has 1 aromatic rings. The molecule has 22 heavy (non-hydrogen) atoms. The van der Waals surface area contributed by atoms with Crippen molar-refractivity contribution in [2.45, 2.75) is 37.0 Å². The van der Waals surface area contributed by atoms with Crippen molar-refractivity contribution in [1.29, 1.82) is 0 Å². The molecule has 3 rings (SSSR count). The second-order valence-corrected chi connectivity index (χ2v) is 8.23. The number of nitrogens with two attached hydrogens (primary N) is 1. The lowest BCUT2D eigenvalue weighted by atomic mass is 10.1. The Morgan fingerprint density at radius 2 is 1.86 bits per heavy atom. The van der Waals surface area contributed by atoms with Gasteiger partial charge >= 0.3 is 0 Å². The molecule has 1 aromatic carbocycles. The highest BCUT2D eigenvalue weighted by atomic mass is 32.2. The third-order valence-corrected chi connectivity index (χ3v) is 6.64. The molecule has 3 N–H and O–H groups in total. The van der Waals surface area contributed by atoms with Gasteiger partial charge in [-0.25, -0.2) is 12.7 Å². The first kappa shape index (κ1) is 15.3. The molecule has 1 saturated carbocycles. The van der Waals surface area contributed by atoms with Gasteiger partial charge in [0.15, 0.2) is 0 Å². The number of benzene rings is 1. The van der Waals surface area contributed by atoms with E-state index in [1.54, 1.807) is 28.6 Å². The van der Waals surface area contributed by atoms with Crippen LogP contribution in [0.25, 0.3) is 0 Å². The average Bonchev–Trinajstić information content (AvgIpc) is 3.33. The molecule has 6 nitrogen and oxygen atoms in total. The molecule has 0 atom stereocenters. The van der Waals surface area contributed by atoms with Crippen LogP contribution in [0.15, 0.2) is 24.3 Å². The van der Waals surface area contributed by atoms with Crippen LogP contribution in [0.5, 0.6) is 0 Å². The molecular formula is C15H21N3O3S. The van der Waals surface area contributed by atoms with Gasteiger partial charge in [-0.1, -0.05) is 6.07 Å². The summed E-state index contributed by atoms with van der Waals surface area (Å²) < 4.78 is 25.9. The van der Waals surface area contributed by atoms with Gasteiger partial charge in [-0.3, -0.25) is 4.79 Å². The van der Waals surface area contributed by atoms with Crippen LogP contribution >= 0.6 is 0 Å². The van der Waals surface area contributed by atoms with Gasteiger partial charge in [-0.15, -0.1) is 0 Å². The topological polar surface area (TPSA) is 92.5 Å². The quantitative estimate of drug-likeness (QED) is 0.807. The number of anilines is 1. The fourth-order valence-corrected chi connectivity index (χ4v) is 4.65. The molecule has 1 saturated heterocycles. The van der Waals surface area contributed by atoms with E-state index in [1.807, 2.05) is 0 Å². The van der Waals surface area contributed by atoms with Crippen molar-refractivity contribution in [3.8, 4) is 0 Å². The number of piperidine rings is 1. The minimum Gasteiger partial charge on any atom is -0.399 e. The highest BCUT2D eigenvalue weighted by Gasteiger charge is 2.41. The fraction of sp³-hybridized carbons (Fsp3) is 0.533. The summed E-state index contributed by atoms with van der Waals surface area (Å²) in [6.45, 7) is 0.974. The normalized spacial score (nSPS) is 20.7. The predicted octanol–water partition coefficient (Wildman–Crippen LogP) is 0.955. The van der Waals surface area contributed by atoms with Crippen LogP contribution in [-0.2, 0) is 10.0 Å². The Morgan fingerprint density at radius 3 is 2.45 bits per heavy atom. The van der Waals surface area contributed by atoms with Gasteiger partial charge < -0.3 is 11.1 Å². The molecule has 0 aromatic heterocycles. The van der Waals surface area contributed by atoms with Crippen molar-refractivity contribution in [2.24, 2.45) is 0 Å². The van der Waals surface area contributed by atoms with Crippen LogP contribution in [0.4, 0.5) is 5.69 Å². The molecule has 0 spiro atoms. The number of hydrogen-bond acceptors (Lipinski definition) is 4. The SMILES string of the molecule is Nc1cccc(C(=O)NC2CCN(S(=O)(=O)C3CC3)CC2)c1. The molecule has 1 aliphatic heterocycles. The Kier molecular flexibility index (Phi) is 4.10. The summed E-state index contributed by atoms with van der Waals surface area (Å²) in [5, 5.41) is 2.80. The first-order chi connectivity index (χ1) is 10.5. The van der Waals surface area contributed by atoms with Crippen molar-refractivity contribution in [3.05, 3.63) is 29.8 Å². The van der Waals surface area contributed by atoms with Crippen molar-refractivity contribution in [2.75, 3.05) is 18.8 Å². The van der Waals surface area contributed by atoms with Crippen LogP contribution in [0.1, 0.15) is 36.0 Å². The smallest absolute Gasteiger partial charge is 0.251 e. The zero-order valence-electron chi connectivity index (χ0n) is 12.4. The third kappa shape index (κ3) is 3.25. The highest BCUT2D eigenvalue weighted by molar-refractivity contribution is 7.90. The Bertz CT molecular complexity index is 662. The Labute approximate surface area is 130 Å². The first-order valence-corrected chi connectivity index (χ1v) is 9.12. The number of nitrogen functional groups attached to an aromatic ring is 1. The number of amides is 1. The Hall–Kier alpha value is -1.60. The van der Waals surface area contributed by atoms with E-state index >= 15 is 0 Å². The second kappa shape index (κ2) is 5.89. The average molecular weight is 323 g/mol. The lowest BCUT2D eigenvalue weighted by molar-refractivity contribution is 0.0924.